The van der Waals surface area contributed by atoms with Crippen molar-refractivity contribution in [1.82, 2.24) is 15.3 Å². The van der Waals surface area contributed by atoms with Crippen LogP contribution in [0.1, 0.15) is 25.2 Å². The van der Waals surface area contributed by atoms with Gasteiger partial charge in [0, 0.05) is 0 Å². The molecule has 1 aromatic carbocycles. The molecule has 1 heterocycles. The van der Waals surface area contributed by atoms with Gasteiger partial charge in [0.2, 0.25) is 0 Å². The van der Waals surface area contributed by atoms with Crippen molar-refractivity contribution in [2.75, 3.05) is 7.05 Å². The fourth-order valence-electron chi connectivity index (χ4n) is 2.06. The fourth-order valence-corrected chi connectivity index (χ4v) is 2.06. The number of hydrogen-bond donors (Lipinski definition) is 2. The molecular formula is C15H21N3. The van der Waals surface area contributed by atoms with Crippen LogP contribution in [0.2, 0.25) is 0 Å². The maximum atomic E-state index is 4.34. The minimum Gasteiger partial charge on any atom is -0.341 e. The Morgan fingerprint density at radius 2 is 1.94 bits per heavy atom. The molecule has 0 amide bonds. The lowest BCUT2D eigenvalue weighted by Crippen LogP contribution is -2.06. The molecule has 0 saturated heterocycles. The van der Waals surface area contributed by atoms with E-state index in [1.165, 1.54) is 11.1 Å². The summed E-state index contributed by atoms with van der Waals surface area (Å²) in [5.41, 5.74) is 3.66. The molecule has 0 fully saturated rings. The van der Waals surface area contributed by atoms with E-state index in [1.54, 1.807) is 0 Å². The molecule has 2 rings (SSSR count). The van der Waals surface area contributed by atoms with Gasteiger partial charge >= 0.3 is 0 Å². The van der Waals surface area contributed by atoms with Crippen molar-refractivity contribution in [2.45, 2.75) is 26.8 Å². The van der Waals surface area contributed by atoms with Gasteiger partial charge in [-0.05, 0) is 30.5 Å². The zero-order chi connectivity index (χ0) is 13.0. The standard InChI is InChI=1S/C15H21N3/c1-11(2)8-12-4-6-13(7-5-12)14-9-17-15(18-14)10-16-3/h4-7,9,11,16H,8,10H2,1-3H3,(H,17,18). The van der Waals surface area contributed by atoms with E-state index in [2.05, 4.69) is 53.4 Å². The van der Waals surface area contributed by atoms with Crippen molar-refractivity contribution in [2.24, 2.45) is 5.92 Å². The first-order valence-corrected chi connectivity index (χ1v) is 6.47. The smallest absolute Gasteiger partial charge is 0.120 e. The van der Waals surface area contributed by atoms with Gasteiger partial charge in [0.1, 0.15) is 5.82 Å². The lowest BCUT2D eigenvalue weighted by Gasteiger charge is -2.05. The van der Waals surface area contributed by atoms with E-state index in [0.29, 0.717) is 5.92 Å². The van der Waals surface area contributed by atoms with E-state index in [1.807, 2.05) is 13.2 Å². The molecule has 0 atom stereocenters. The number of imidazole rings is 1. The minimum absolute atomic E-state index is 0.699. The Hall–Kier alpha value is -1.61. The molecule has 0 aliphatic carbocycles. The second-order valence-electron chi connectivity index (χ2n) is 5.07. The Balaban J connectivity index is 2.12. The molecule has 0 bridgehead atoms. The minimum atomic E-state index is 0.699. The molecule has 18 heavy (non-hydrogen) atoms. The van der Waals surface area contributed by atoms with Gasteiger partial charge in [0.15, 0.2) is 0 Å². The van der Waals surface area contributed by atoms with E-state index in [4.69, 9.17) is 0 Å². The van der Waals surface area contributed by atoms with E-state index in [-0.39, 0.29) is 0 Å². The molecule has 0 aliphatic rings. The summed E-state index contributed by atoms with van der Waals surface area (Å²) in [6.45, 7) is 5.26. The highest BCUT2D eigenvalue weighted by atomic mass is 15.0. The number of aromatic nitrogens is 2. The Kier molecular flexibility index (Phi) is 4.15. The topological polar surface area (TPSA) is 40.7 Å². The van der Waals surface area contributed by atoms with Crippen molar-refractivity contribution in [3.8, 4) is 11.3 Å². The first-order valence-electron chi connectivity index (χ1n) is 6.47. The van der Waals surface area contributed by atoms with Crippen LogP contribution < -0.4 is 5.32 Å². The van der Waals surface area contributed by atoms with Gasteiger partial charge in [-0.25, -0.2) is 4.98 Å². The molecule has 0 radical (unpaired) electrons. The number of hydrogen-bond acceptors (Lipinski definition) is 2. The molecule has 2 aromatic rings. The Labute approximate surface area is 109 Å². The van der Waals surface area contributed by atoms with Crippen LogP contribution in [0.3, 0.4) is 0 Å². The highest BCUT2D eigenvalue weighted by Gasteiger charge is 2.03. The lowest BCUT2D eigenvalue weighted by molar-refractivity contribution is 0.647. The Bertz CT molecular complexity index is 483. The number of H-pyrrole nitrogens is 1. The summed E-state index contributed by atoms with van der Waals surface area (Å²) >= 11 is 0. The zero-order valence-electron chi connectivity index (χ0n) is 11.3. The first kappa shape index (κ1) is 12.8. The molecule has 0 spiro atoms. The quantitative estimate of drug-likeness (QED) is 0.847. The van der Waals surface area contributed by atoms with Crippen LogP contribution in [0.5, 0.6) is 0 Å². The third-order valence-corrected chi connectivity index (χ3v) is 2.88. The number of aromatic amines is 1. The van der Waals surface area contributed by atoms with Crippen LogP contribution in [-0.2, 0) is 13.0 Å². The largest absolute Gasteiger partial charge is 0.341 e. The number of nitrogens with zero attached hydrogens (tertiary/aromatic N) is 1. The Morgan fingerprint density at radius 1 is 1.22 bits per heavy atom. The number of nitrogens with one attached hydrogen (secondary N) is 2. The molecule has 2 N–H and O–H groups in total. The molecule has 3 heteroatoms. The van der Waals surface area contributed by atoms with Crippen LogP contribution >= 0.6 is 0 Å². The molecule has 0 saturated carbocycles. The highest BCUT2D eigenvalue weighted by molar-refractivity contribution is 5.58. The summed E-state index contributed by atoms with van der Waals surface area (Å²) in [7, 11) is 1.92. The molecule has 0 unspecified atom stereocenters. The van der Waals surface area contributed by atoms with Crippen LogP contribution in [0.15, 0.2) is 30.5 Å². The number of benzene rings is 1. The molecule has 1 aromatic heterocycles. The molecule has 96 valence electrons. The summed E-state index contributed by atoms with van der Waals surface area (Å²) in [5, 5.41) is 3.09. The van der Waals surface area contributed by atoms with Gasteiger partial charge in [-0.3, -0.25) is 0 Å². The van der Waals surface area contributed by atoms with Gasteiger partial charge < -0.3 is 10.3 Å². The van der Waals surface area contributed by atoms with Crippen molar-refractivity contribution in [3.63, 3.8) is 0 Å². The van der Waals surface area contributed by atoms with E-state index < -0.39 is 0 Å². The van der Waals surface area contributed by atoms with Crippen molar-refractivity contribution < 1.29 is 0 Å². The van der Waals surface area contributed by atoms with Crippen molar-refractivity contribution in [3.05, 3.63) is 41.9 Å². The van der Waals surface area contributed by atoms with E-state index in [9.17, 15) is 0 Å². The van der Waals surface area contributed by atoms with Gasteiger partial charge in [-0.1, -0.05) is 38.1 Å². The van der Waals surface area contributed by atoms with E-state index in [0.717, 1.165) is 24.5 Å². The zero-order valence-corrected chi connectivity index (χ0v) is 11.3. The third-order valence-electron chi connectivity index (χ3n) is 2.88. The first-order chi connectivity index (χ1) is 8.69. The van der Waals surface area contributed by atoms with Gasteiger partial charge in [-0.2, -0.15) is 0 Å². The SMILES string of the molecule is CNCc1ncc(-c2ccc(CC(C)C)cc2)[nH]1. The summed E-state index contributed by atoms with van der Waals surface area (Å²) in [6, 6.07) is 8.73. The predicted molar refractivity (Wildman–Crippen MR) is 75.3 cm³/mol. The summed E-state index contributed by atoms with van der Waals surface area (Å²) < 4.78 is 0. The van der Waals surface area contributed by atoms with Gasteiger partial charge in [-0.15, -0.1) is 0 Å². The molecular weight excluding hydrogens is 222 g/mol. The van der Waals surface area contributed by atoms with Gasteiger partial charge in [0.25, 0.3) is 0 Å². The predicted octanol–water partition coefficient (Wildman–Crippen LogP) is 2.99. The Morgan fingerprint density at radius 3 is 2.56 bits per heavy atom. The second kappa shape index (κ2) is 5.83. The molecule has 3 nitrogen and oxygen atoms in total. The average molecular weight is 243 g/mol. The third kappa shape index (κ3) is 3.20. The average Bonchev–Trinajstić information content (AvgIpc) is 2.78. The highest BCUT2D eigenvalue weighted by Crippen LogP contribution is 2.19. The normalized spacial score (nSPS) is 11.1. The van der Waals surface area contributed by atoms with Crippen molar-refractivity contribution >= 4 is 0 Å². The summed E-state index contributed by atoms with van der Waals surface area (Å²) in [6.07, 6.45) is 3.03. The lowest BCUT2D eigenvalue weighted by atomic mass is 10.0. The maximum absolute atomic E-state index is 4.34. The van der Waals surface area contributed by atoms with Crippen LogP contribution in [-0.4, -0.2) is 17.0 Å². The van der Waals surface area contributed by atoms with Gasteiger partial charge in [0.05, 0.1) is 18.4 Å². The van der Waals surface area contributed by atoms with Crippen LogP contribution in [0.25, 0.3) is 11.3 Å². The van der Waals surface area contributed by atoms with Crippen LogP contribution in [0, 0.1) is 5.92 Å². The fraction of sp³-hybridized carbons (Fsp3) is 0.400. The monoisotopic (exact) mass is 243 g/mol. The molecule has 0 aliphatic heterocycles. The second-order valence-corrected chi connectivity index (χ2v) is 5.07. The summed E-state index contributed by atoms with van der Waals surface area (Å²) in [5.74, 6) is 1.67. The van der Waals surface area contributed by atoms with Crippen molar-refractivity contribution in [1.29, 1.82) is 0 Å². The maximum Gasteiger partial charge on any atom is 0.120 e. The van der Waals surface area contributed by atoms with E-state index >= 15 is 0 Å². The summed E-state index contributed by atoms with van der Waals surface area (Å²) in [4.78, 5) is 7.65. The van der Waals surface area contributed by atoms with Crippen LogP contribution in [0.4, 0.5) is 0 Å². The number of rotatable bonds is 5.